The molecule has 1 aromatic heterocycles. The molecule has 1 atom stereocenters. The van der Waals surface area contributed by atoms with Crippen LogP contribution in [0.4, 0.5) is 5.69 Å². The van der Waals surface area contributed by atoms with Gasteiger partial charge in [0.25, 0.3) is 5.91 Å². The predicted octanol–water partition coefficient (Wildman–Crippen LogP) is 3.33. The second-order valence-corrected chi connectivity index (χ2v) is 8.92. The number of carbonyl (C=O) groups excluding carboxylic acids is 1. The molecule has 0 spiro atoms. The minimum absolute atomic E-state index is 0.0124. The van der Waals surface area contributed by atoms with Crippen LogP contribution in [0, 0.1) is 0 Å². The predicted molar refractivity (Wildman–Crippen MR) is 123 cm³/mol. The summed E-state index contributed by atoms with van der Waals surface area (Å²) in [6.45, 7) is 0. The van der Waals surface area contributed by atoms with Crippen LogP contribution in [-0.2, 0) is 14.8 Å². The van der Waals surface area contributed by atoms with Crippen molar-refractivity contribution < 1.29 is 13.2 Å². The van der Waals surface area contributed by atoms with Crippen molar-refractivity contribution in [3.63, 3.8) is 0 Å². The Kier molecular flexibility index (Phi) is 5.01. The molecule has 0 saturated carbocycles. The molecule has 1 unspecified atom stereocenters. The molecule has 8 heteroatoms. The van der Waals surface area contributed by atoms with Gasteiger partial charge in [-0.3, -0.25) is 14.8 Å². The number of para-hydroxylation sites is 2. The number of carbonyl (C=O) groups is 1. The first-order valence-corrected chi connectivity index (χ1v) is 11.4. The smallest absolute Gasteiger partial charge is 0.264 e. The molecule has 158 valence electrons. The average molecular weight is 443 g/mol. The van der Waals surface area contributed by atoms with E-state index in [0.717, 1.165) is 5.56 Å². The summed E-state index contributed by atoms with van der Waals surface area (Å²) in [6, 6.07) is 25.0. The molecule has 32 heavy (non-hydrogen) atoms. The number of hydrogen-bond donors (Lipinski definition) is 2. The molecule has 5 rings (SSSR count). The standard InChI is InChI=1S/C24H18N4O3S/c29-24-23(28-32(30,31)20-14-6-10-17-11-7-15-25-22(17)20)27-21(16-8-2-1-3-9-16)18-12-4-5-13-19(18)26-24/h1-15,23,28H,(H,26,29). The molecule has 0 bridgehead atoms. The molecule has 7 nitrogen and oxygen atoms in total. The van der Waals surface area contributed by atoms with Gasteiger partial charge in [-0.1, -0.05) is 66.7 Å². The topological polar surface area (TPSA) is 101 Å². The normalized spacial score (nSPS) is 16.1. The molecule has 4 aromatic rings. The number of nitrogens with zero attached hydrogens (tertiary/aromatic N) is 2. The van der Waals surface area contributed by atoms with E-state index >= 15 is 0 Å². The van der Waals surface area contributed by atoms with Crippen LogP contribution >= 0.6 is 0 Å². The zero-order chi connectivity index (χ0) is 22.1. The number of aromatic nitrogens is 1. The van der Waals surface area contributed by atoms with Gasteiger partial charge in [0.05, 0.1) is 16.9 Å². The maximum Gasteiger partial charge on any atom is 0.264 e. The van der Waals surface area contributed by atoms with Crippen LogP contribution in [0.5, 0.6) is 0 Å². The van der Waals surface area contributed by atoms with Gasteiger partial charge in [-0.25, -0.2) is 8.42 Å². The Labute approximate surface area is 184 Å². The van der Waals surface area contributed by atoms with Crippen LogP contribution in [-0.4, -0.2) is 31.2 Å². The Balaban J connectivity index is 1.61. The highest BCUT2D eigenvalue weighted by Crippen LogP contribution is 2.25. The summed E-state index contributed by atoms with van der Waals surface area (Å²) in [5.74, 6) is -0.569. The third-order valence-corrected chi connectivity index (χ3v) is 6.59. The fourth-order valence-electron chi connectivity index (χ4n) is 3.67. The summed E-state index contributed by atoms with van der Waals surface area (Å²) < 4.78 is 29.0. The lowest BCUT2D eigenvalue weighted by Crippen LogP contribution is -2.42. The summed E-state index contributed by atoms with van der Waals surface area (Å²) in [5.41, 5.74) is 2.89. The summed E-state index contributed by atoms with van der Waals surface area (Å²) in [5, 5.41) is 3.47. The third-order valence-electron chi connectivity index (χ3n) is 5.15. The van der Waals surface area contributed by atoms with Gasteiger partial charge in [-0.15, -0.1) is 0 Å². The minimum Gasteiger partial charge on any atom is -0.322 e. The van der Waals surface area contributed by atoms with E-state index in [1.165, 1.54) is 12.3 Å². The fourth-order valence-corrected chi connectivity index (χ4v) is 4.93. The Hall–Kier alpha value is -3.88. The number of hydrogen-bond acceptors (Lipinski definition) is 5. The van der Waals surface area contributed by atoms with Gasteiger partial charge < -0.3 is 5.32 Å². The van der Waals surface area contributed by atoms with Gasteiger partial charge in [0.1, 0.15) is 4.90 Å². The largest absolute Gasteiger partial charge is 0.322 e. The molecule has 0 radical (unpaired) electrons. The van der Waals surface area contributed by atoms with E-state index in [9.17, 15) is 13.2 Å². The number of rotatable bonds is 4. The number of aliphatic imine (C=N–C) groups is 1. The summed E-state index contributed by atoms with van der Waals surface area (Å²) in [6.07, 6.45) is 0.170. The van der Waals surface area contributed by atoms with Crippen molar-refractivity contribution >= 4 is 38.2 Å². The molecule has 1 aliphatic rings. The maximum atomic E-state index is 13.3. The number of pyridine rings is 1. The minimum atomic E-state index is -4.11. The first-order chi connectivity index (χ1) is 15.5. The Bertz CT molecular complexity index is 1460. The third kappa shape index (κ3) is 3.66. The number of amides is 1. The highest BCUT2D eigenvalue weighted by Gasteiger charge is 2.30. The molecule has 1 aliphatic heterocycles. The van der Waals surface area contributed by atoms with Crippen molar-refractivity contribution in [2.24, 2.45) is 4.99 Å². The van der Waals surface area contributed by atoms with Gasteiger partial charge in [-0.2, -0.15) is 4.72 Å². The molecule has 1 amide bonds. The van der Waals surface area contributed by atoms with Crippen molar-refractivity contribution in [1.29, 1.82) is 0 Å². The maximum absolute atomic E-state index is 13.3. The van der Waals surface area contributed by atoms with Crippen molar-refractivity contribution in [1.82, 2.24) is 9.71 Å². The van der Waals surface area contributed by atoms with E-state index in [0.29, 0.717) is 27.9 Å². The van der Waals surface area contributed by atoms with Crippen molar-refractivity contribution in [3.05, 3.63) is 102 Å². The zero-order valence-electron chi connectivity index (χ0n) is 16.8. The van der Waals surface area contributed by atoms with Gasteiger partial charge in [0, 0.05) is 22.7 Å². The molecule has 0 aliphatic carbocycles. The molecule has 0 fully saturated rings. The van der Waals surface area contributed by atoms with Gasteiger partial charge in [-0.05, 0) is 18.2 Å². The lowest BCUT2D eigenvalue weighted by atomic mass is 10.0. The quantitative estimate of drug-likeness (QED) is 0.506. The lowest BCUT2D eigenvalue weighted by molar-refractivity contribution is -0.117. The number of nitrogens with one attached hydrogen (secondary N) is 2. The van der Waals surface area contributed by atoms with E-state index in [2.05, 4.69) is 20.0 Å². The first kappa shape index (κ1) is 20.0. The highest BCUT2D eigenvalue weighted by atomic mass is 32.2. The SMILES string of the molecule is O=C1Nc2ccccc2C(c2ccccc2)=NC1NS(=O)(=O)c1cccc2cccnc12. The van der Waals surface area contributed by atoms with Crippen molar-refractivity contribution in [2.45, 2.75) is 11.1 Å². The lowest BCUT2D eigenvalue weighted by Gasteiger charge is -2.14. The van der Waals surface area contributed by atoms with E-state index in [1.54, 1.807) is 36.4 Å². The summed E-state index contributed by atoms with van der Waals surface area (Å²) in [4.78, 5) is 21.7. The van der Waals surface area contributed by atoms with Crippen LogP contribution in [0.3, 0.4) is 0 Å². The van der Waals surface area contributed by atoms with E-state index in [-0.39, 0.29) is 4.90 Å². The molecule has 0 saturated heterocycles. The number of benzodiazepines with no additional fused rings is 1. The Morgan fingerprint density at radius 2 is 1.59 bits per heavy atom. The monoisotopic (exact) mass is 442 g/mol. The molecular formula is C24H18N4O3S. The number of benzene rings is 3. The van der Waals surface area contributed by atoms with Crippen molar-refractivity contribution in [3.8, 4) is 0 Å². The highest BCUT2D eigenvalue weighted by molar-refractivity contribution is 7.89. The van der Waals surface area contributed by atoms with Crippen LogP contribution in [0.2, 0.25) is 0 Å². The Morgan fingerprint density at radius 3 is 2.44 bits per heavy atom. The van der Waals surface area contributed by atoms with Gasteiger partial charge in [0.2, 0.25) is 10.0 Å². The summed E-state index contributed by atoms with van der Waals surface area (Å²) in [7, 11) is -4.11. The second-order valence-electron chi connectivity index (χ2n) is 7.23. The average Bonchev–Trinajstić information content (AvgIpc) is 2.95. The Morgan fingerprint density at radius 1 is 0.844 bits per heavy atom. The number of anilines is 1. The molecule has 3 aromatic carbocycles. The summed E-state index contributed by atoms with van der Waals surface area (Å²) >= 11 is 0. The molecule has 2 N–H and O–H groups in total. The van der Waals surface area contributed by atoms with Crippen LogP contribution < -0.4 is 10.0 Å². The molecular weight excluding hydrogens is 424 g/mol. The van der Waals surface area contributed by atoms with Gasteiger partial charge in [0.15, 0.2) is 6.17 Å². The second kappa shape index (κ2) is 7.99. The number of fused-ring (bicyclic) bond motifs is 2. The van der Waals surface area contributed by atoms with E-state index in [1.807, 2.05) is 42.5 Å². The van der Waals surface area contributed by atoms with E-state index < -0.39 is 22.1 Å². The molecule has 2 heterocycles. The van der Waals surface area contributed by atoms with Crippen LogP contribution in [0.1, 0.15) is 11.1 Å². The van der Waals surface area contributed by atoms with Crippen molar-refractivity contribution in [2.75, 3.05) is 5.32 Å². The van der Waals surface area contributed by atoms with Gasteiger partial charge >= 0.3 is 0 Å². The van der Waals surface area contributed by atoms with Crippen LogP contribution in [0.15, 0.2) is 101 Å². The van der Waals surface area contributed by atoms with Crippen LogP contribution in [0.25, 0.3) is 10.9 Å². The number of sulfonamides is 1. The zero-order valence-corrected chi connectivity index (χ0v) is 17.6. The fraction of sp³-hybridized carbons (Fsp3) is 0.0417. The first-order valence-electron chi connectivity index (χ1n) is 9.92. The van der Waals surface area contributed by atoms with E-state index in [4.69, 9.17) is 0 Å².